The van der Waals surface area contributed by atoms with Gasteiger partial charge in [-0.05, 0) is 51.1 Å². The maximum atomic E-state index is 5.35. The molecule has 0 bridgehead atoms. The predicted octanol–water partition coefficient (Wildman–Crippen LogP) is 5.16. The molecule has 3 aromatic rings. The summed E-state index contributed by atoms with van der Waals surface area (Å²) < 4.78 is 7.61. The molecular weight excluding hydrogens is 296 g/mol. The number of aliphatic imine (C=N–C) groups is 1. The van der Waals surface area contributed by atoms with Gasteiger partial charge in [0.1, 0.15) is 11.4 Å². The van der Waals surface area contributed by atoms with E-state index in [4.69, 9.17) is 4.74 Å². The summed E-state index contributed by atoms with van der Waals surface area (Å²) in [6.45, 7) is 6.34. The number of nitrogens with zero attached hydrogens (tertiary/aromatic N) is 2. The molecule has 24 heavy (non-hydrogen) atoms. The summed E-state index contributed by atoms with van der Waals surface area (Å²) >= 11 is 0. The molecule has 0 fully saturated rings. The molecule has 3 nitrogen and oxygen atoms in total. The normalized spacial score (nSPS) is 11.2. The lowest BCUT2D eigenvalue weighted by Crippen LogP contribution is -1.99. The first-order valence-electron chi connectivity index (χ1n) is 8.03. The molecule has 0 N–H and O–H groups in total. The maximum absolute atomic E-state index is 5.35. The molecule has 0 atom stereocenters. The summed E-state index contributed by atoms with van der Waals surface area (Å²) in [7, 11) is 1.66. The Morgan fingerprint density at radius 1 is 0.958 bits per heavy atom. The zero-order valence-electron chi connectivity index (χ0n) is 14.6. The van der Waals surface area contributed by atoms with Crippen LogP contribution in [-0.2, 0) is 0 Å². The average molecular weight is 318 g/mol. The Labute approximate surface area is 143 Å². The number of benzene rings is 2. The number of aryl methyl sites for hydroxylation is 2. The van der Waals surface area contributed by atoms with Gasteiger partial charge in [0, 0.05) is 28.9 Å². The molecule has 0 aliphatic carbocycles. The van der Waals surface area contributed by atoms with E-state index >= 15 is 0 Å². The number of rotatable bonds is 4. The van der Waals surface area contributed by atoms with Crippen molar-refractivity contribution in [3.63, 3.8) is 0 Å². The van der Waals surface area contributed by atoms with Gasteiger partial charge in [0.05, 0.1) is 7.11 Å². The molecule has 1 aromatic heterocycles. The van der Waals surface area contributed by atoms with E-state index in [1.165, 1.54) is 22.6 Å². The van der Waals surface area contributed by atoms with Gasteiger partial charge in [-0.25, -0.2) is 0 Å². The molecule has 3 rings (SSSR count). The second-order valence-electron chi connectivity index (χ2n) is 5.93. The molecule has 0 unspecified atom stereocenters. The second-order valence-corrected chi connectivity index (χ2v) is 5.93. The van der Waals surface area contributed by atoms with E-state index in [0.29, 0.717) is 0 Å². The van der Waals surface area contributed by atoms with Crippen molar-refractivity contribution in [2.75, 3.05) is 7.11 Å². The van der Waals surface area contributed by atoms with E-state index in [2.05, 4.69) is 60.7 Å². The van der Waals surface area contributed by atoms with Crippen LogP contribution in [0.3, 0.4) is 0 Å². The van der Waals surface area contributed by atoms with Crippen molar-refractivity contribution in [3.05, 3.63) is 77.1 Å². The predicted molar refractivity (Wildman–Crippen MR) is 100 cm³/mol. The molecule has 0 saturated heterocycles. The first-order chi connectivity index (χ1) is 11.6. The molecule has 2 aromatic carbocycles. The topological polar surface area (TPSA) is 26.5 Å². The summed E-state index contributed by atoms with van der Waals surface area (Å²) in [4.78, 5) is 4.61. The third-order valence-corrected chi connectivity index (χ3v) is 4.19. The highest BCUT2D eigenvalue weighted by Gasteiger charge is 2.09. The van der Waals surface area contributed by atoms with Crippen LogP contribution in [0.5, 0.6) is 5.75 Å². The Kier molecular flexibility index (Phi) is 4.52. The summed E-state index contributed by atoms with van der Waals surface area (Å²) in [5.41, 5.74) is 6.75. The number of hydrogen-bond donors (Lipinski definition) is 0. The van der Waals surface area contributed by atoms with Gasteiger partial charge >= 0.3 is 0 Å². The van der Waals surface area contributed by atoms with Gasteiger partial charge in [0.2, 0.25) is 0 Å². The molecule has 0 spiro atoms. The van der Waals surface area contributed by atoms with Crippen molar-refractivity contribution in [3.8, 4) is 11.4 Å². The molecule has 3 heteroatoms. The summed E-state index contributed by atoms with van der Waals surface area (Å²) in [6, 6.07) is 18.5. The van der Waals surface area contributed by atoms with Crippen molar-refractivity contribution in [1.29, 1.82) is 0 Å². The number of para-hydroxylation sites is 2. The van der Waals surface area contributed by atoms with Gasteiger partial charge in [-0.2, -0.15) is 0 Å². The molecule has 0 radical (unpaired) electrons. The number of methoxy groups -OCH3 is 1. The quantitative estimate of drug-likeness (QED) is 0.610. The van der Waals surface area contributed by atoms with E-state index in [9.17, 15) is 0 Å². The third kappa shape index (κ3) is 3.11. The van der Waals surface area contributed by atoms with Crippen LogP contribution >= 0.6 is 0 Å². The van der Waals surface area contributed by atoms with Crippen molar-refractivity contribution in [2.45, 2.75) is 20.8 Å². The summed E-state index contributed by atoms with van der Waals surface area (Å²) in [5, 5.41) is 0. The van der Waals surface area contributed by atoms with Gasteiger partial charge in [0.15, 0.2) is 0 Å². The van der Waals surface area contributed by atoms with Crippen LogP contribution in [0.2, 0.25) is 0 Å². The fourth-order valence-electron chi connectivity index (χ4n) is 2.88. The van der Waals surface area contributed by atoms with Crippen LogP contribution in [0.25, 0.3) is 5.69 Å². The zero-order valence-corrected chi connectivity index (χ0v) is 14.6. The Morgan fingerprint density at radius 3 is 2.38 bits per heavy atom. The molecule has 0 aliphatic heterocycles. The number of hydrogen-bond acceptors (Lipinski definition) is 2. The van der Waals surface area contributed by atoms with Crippen molar-refractivity contribution in [2.24, 2.45) is 4.99 Å². The minimum atomic E-state index is 0.779. The highest BCUT2D eigenvalue weighted by Crippen LogP contribution is 2.27. The SMILES string of the molecule is COc1ccccc1N=Cc1cc(C)n(-c2ccc(C)cc2)c1C. The minimum Gasteiger partial charge on any atom is -0.494 e. The molecule has 0 aliphatic rings. The van der Waals surface area contributed by atoms with Crippen LogP contribution in [0, 0.1) is 20.8 Å². The Bertz CT molecular complexity index is 873. The fourth-order valence-corrected chi connectivity index (χ4v) is 2.88. The number of aromatic nitrogens is 1. The molecule has 1 heterocycles. The van der Waals surface area contributed by atoms with Crippen LogP contribution in [0.1, 0.15) is 22.5 Å². The van der Waals surface area contributed by atoms with Gasteiger partial charge in [-0.3, -0.25) is 4.99 Å². The smallest absolute Gasteiger partial charge is 0.144 e. The average Bonchev–Trinajstić information content (AvgIpc) is 2.88. The van der Waals surface area contributed by atoms with E-state index in [-0.39, 0.29) is 0 Å². The fraction of sp³-hybridized carbons (Fsp3) is 0.190. The van der Waals surface area contributed by atoms with Crippen molar-refractivity contribution in [1.82, 2.24) is 4.57 Å². The highest BCUT2D eigenvalue weighted by atomic mass is 16.5. The second kappa shape index (κ2) is 6.75. The largest absolute Gasteiger partial charge is 0.494 e. The Morgan fingerprint density at radius 2 is 1.67 bits per heavy atom. The monoisotopic (exact) mass is 318 g/mol. The van der Waals surface area contributed by atoms with E-state index < -0.39 is 0 Å². The maximum Gasteiger partial charge on any atom is 0.144 e. The van der Waals surface area contributed by atoms with Gasteiger partial charge < -0.3 is 9.30 Å². The third-order valence-electron chi connectivity index (χ3n) is 4.19. The van der Waals surface area contributed by atoms with Gasteiger partial charge in [-0.15, -0.1) is 0 Å². The van der Waals surface area contributed by atoms with E-state index in [1.807, 2.05) is 30.5 Å². The van der Waals surface area contributed by atoms with Crippen molar-refractivity contribution >= 4 is 11.9 Å². The Hall–Kier alpha value is -2.81. The molecular formula is C21H22N2O. The lowest BCUT2D eigenvalue weighted by molar-refractivity contribution is 0.416. The lowest BCUT2D eigenvalue weighted by atomic mass is 10.2. The molecule has 0 amide bonds. The van der Waals surface area contributed by atoms with Crippen LogP contribution < -0.4 is 4.74 Å². The Balaban J connectivity index is 1.97. The minimum absolute atomic E-state index is 0.779. The van der Waals surface area contributed by atoms with Gasteiger partial charge in [0.25, 0.3) is 0 Å². The van der Waals surface area contributed by atoms with Crippen LogP contribution in [0.4, 0.5) is 5.69 Å². The molecule has 122 valence electrons. The van der Waals surface area contributed by atoms with Crippen LogP contribution in [0.15, 0.2) is 59.6 Å². The zero-order chi connectivity index (χ0) is 17.1. The lowest BCUT2D eigenvalue weighted by Gasteiger charge is -2.09. The van der Waals surface area contributed by atoms with Crippen molar-refractivity contribution < 1.29 is 4.74 Å². The van der Waals surface area contributed by atoms with Crippen LogP contribution in [-0.4, -0.2) is 17.9 Å². The first-order valence-corrected chi connectivity index (χ1v) is 8.03. The van der Waals surface area contributed by atoms with Gasteiger partial charge in [-0.1, -0.05) is 29.8 Å². The summed E-state index contributed by atoms with van der Waals surface area (Å²) in [6.07, 6.45) is 1.91. The van der Waals surface area contributed by atoms with E-state index in [0.717, 1.165) is 17.0 Å². The standard InChI is InChI=1S/C21H22N2O/c1-15-9-11-19(12-10-15)23-16(2)13-18(17(23)3)14-22-20-7-5-6-8-21(20)24-4/h5-14H,1-4H3. The highest BCUT2D eigenvalue weighted by molar-refractivity contribution is 5.85. The molecule has 0 saturated carbocycles. The number of ether oxygens (including phenoxy) is 1. The van der Waals surface area contributed by atoms with E-state index in [1.54, 1.807) is 7.11 Å². The summed E-state index contributed by atoms with van der Waals surface area (Å²) in [5.74, 6) is 0.779. The first kappa shape index (κ1) is 16.1.